The standard InChI is InChI=1S/C16H35N3/c1-5-10-17-16-8-13-19(14-9-16)12-7-6-11-18(4)15(2)3/h15-17H,5-14H2,1-4H3. The molecule has 19 heavy (non-hydrogen) atoms. The summed E-state index contributed by atoms with van der Waals surface area (Å²) in [4.78, 5) is 5.10. The molecule has 0 atom stereocenters. The van der Waals surface area contributed by atoms with E-state index >= 15 is 0 Å². The quantitative estimate of drug-likeness (QED) is 0.649. The minimum Gasteiger partial charge on any atom is -0.314 e. The Morgan fingerprint density at radius 3 is 2.47 bits per heavy atom. The van der Waals surface area contributed by atoms with Gasteiger partial charge >= 0.3 is 0 Å². The number of piperidine rings is 1. The van der Waals surface area contributed by atoms with Crippen LogP contribution in [0.3, 0.4) is 0 Å². The van der Waals surface area contributed by atoms with Gasteiger partial charge in [0.2, 0.25) is 0 Å². The van der Waals surface area contributed by atoms with Gasteiger partial charge in [-0.1, -0.05) is 6.92 Å². The normalized spacial score (nSPS) is 18.6. The molecule has 0 aromatic rings. The van der Waals surface area contributed by atoms with Gasteiger partial charge in [-0.3, -0.25) is 0 Å². The lowest BCUT2D eigenvalue weighted by Crippen LogP contribution is -2.43. The maximum atomic E-state index is 3.65. The summed E-state index contributed by atoms with van der Waals surface area (Å²) in [6.07, 6.45) is 6.62. The second-order valence-corrected chi connectivity index (χ2v) is 6.35. The highest BCUT2D eigenvalue weighted by Crippen LogP contribution is 2.11. The van der Waals surface area contributed by atoms with Gasteiger partial charge in [0.15, 0.2) is 0 Å². The van der Waals surface area contributed by atoms with E-state index in [4.69, 9.17) is 0 Å². The van der Waals surface area contributed by atoms with Crippen LogP contribution in [0.5, 0.6) is 0 Å². The first-order chi connectivity index (χ1) is 9.13. The zero-order valence-electron chi connectivity index (χ0n) is 13.6. The lowest BCUT2D eigenvalue weighted by molar-refractivity contribution is 0.189. The Balaban J connectivity index is 2.00. The summed E-state index contributed by atoms with van der Waals surface area (Å²) < 4.78 is 0. The number of nitrogens with one attached hydrogen (secondary N) is 1. The Hall–Kier alpha value is -0.120. The number of nitrogens with zero attached hydrogens (tertiary/aromatic N) is 2. The van der Waals surface area contributed by atoms with E-state index in [1.165, 1.54) is 64.8 Å². The first-order valence-electron chi connectivity index (χ1n) is 8.29. The highest BCUT2D eigenvalue weighted by molar-refractivity contribution is 4.76. The van der Waals surface area contributed by atoms with E-state index < -0.39 is 0 Å². The van der Waals surface area contributed by atoms with Gasteiger partial charge in [-0.15, -0.1) is 0 Å². The first-order valence-corrected chi connectivity index (χ1v) is 8.29. The zero-order valence-corrected chi connectivity index (χ0v) is 13.6. The van der Waals surface area contributed by atoms with Crippen molar-refractivity contribution in [3.63, 3.8) is 0 Å². The van der Waals surface area contributed by atoms with Crippen molar-refractivity contribution >= 4 is 0 Å². The number of hydrogen-bond acceptors (Lipinski definition) is 3. The van der Waals surface area contributed by atoms with Crippen LogP contribution in [-0.4, -0.2) is 61.7 Å². The van der Waals surface area contributed by atoms with Crippen LogP contribution < -0.4 is 5.32 Å². The Morgan fingerprint density at radius 2 is 1.89 bits per heavy atom. The Bertz CT molecular complexity index is 210. The molecule has 1 aliphatic heterocycles. The summed E-state index contributed by atoms with van der Waals surface area (Å²) in [5, 5.41) is 3.65. The molecular formula is C16H35N3. The van der Waals surface area contributed by atoms with Crippen molar-refractivity contribution in [3.05, 3.63) is 0 Å². The van der Waals surface area contributed by atoms with Crippen LogP contribution in [0.25, 0.3) is 0 Å². The van der Waals surface area contributed by atoms with Gasteiger partial charge in [0.1, 0.15) is 0 Å². The molecular weight excluding hydrogens is 234 g/mol. The summed E-state index contributed by atoms with van der Waals surface area (Å²) in [5.74, 6) is 0. The SMILES string of the molecule is CCCNC1CCN(CCCCN(C)C(C)C)CC1. The monoisotopic (exact) mass is 269 g/mol. The maximum absolute atomic E-state index is 3.65. The largest absolute Gasteiger partial charge is 0.314 e. The summed E-state index contributed by atoms with van der Waals surface area (Å²) in [6, 6.07) is 1.46. The Labute approximate surface area is 120 Å². The van der Waals surface area contributed by atoms with E-state index in [0.717, 1.165) is 6.04 Å². The first kappa shape index (κ1) is 16.9. The topological polar surface area (TPSA) is 18.5 Å². The fraction of sp³-hybridized carbons (Fsp3) is 1.00. The second-order valence-electron chi connectivity index (χ2n) is 6.35. The molecule has 0 aromatic heterocycles. The third kappa shape index (κ3) is 7.28. The smallest absolute Gasteiger partial charge is 0.00914 e. The fourth-order valence-corrected chi connectivity index (χ4v) is 2.66. The van der Waals surface area contributed by atoms with Crippen LogP contribution in [0.1, 0.15) is 52.9 Å². The molecule has 1 rings (SSSR count). The molecule has 0 spiro atoms. The Kier molecular flexibility index (Phi) is 8.67. The van der Waals surface area contributed by atoms with Crippen molar-refractivity contribution in [1.29, 1.82) is 0 Å². The molecule has 0 aliphatic carbocycles. The second kappa shape index (κ2) is 9.73. The van der Waals surface area contributed by atoms with Gasteiger partial charge in [0.05, 0.1) is 0 Å². The molecule has 0 saturated carbocycles. The van der Waals surface area contributed by atoms with Crippen molar-refractivity contribution in [2.24, 2.45) is 0 Å². The Morgan fingerprint density at radius 1 is 1.21 bits per heavy atom. The highest BCUT2D eigenvalue weighted by atomic mass is 15.1. The van der Waals surface area contributed by atoms with Gasteiger partial charge in [-0.05, 0) is 85.7 Å². The molecule has 114 valence electrons. The number of unbranched alkanes of at least 4 members (excludes halogenated alkanes) is 1. The lowest BCUT2D eigenvalue weighted by atomic mass is 10.0. The molecule has 0 bridgehead atoms. The minimum absolute atomic E-state index is 0.681. The van der Waals surface area contributed by atoms with Crippen LogP contribution in [0.4, 0.5) is 0 Å². The highest BCUT2D eigenvalue weighted by Gasteiger charge is 2.17. The van der Waals surface area contributed by atoms with E-state index in [-0.39, 0.29) is 0 Å². The number of rotatable bonds is 9. The van der Waals surface area contributed by atoms with Gasteiger partial charge < -0.3 is 15.1 Å². The van der Waals surface area contributed by atoms with Crippen molar-refractivity contribution in [2.45, 2.75) is 65.0 Å². The molecule has 1 N–H and O–H groups in total. The lowest BCUT2D eigenvalue weighted by Gasteiger charge is -2.32. The number of hydrogen-bond donors (Lipinski definition) is 1. The zero-order chi connectivity index (χ0) is 14.1. The molecule has 3 heteroatoms. The van der Waals surface area contributed by atoms with Gasteiger partial charge in [-0.2, -0.15) is 0 Å². The summed E-state index contributed by atoms with van der Waals surface area (Å²) in [6.45, 7) is 13.1. The van der Waals surface area contributed by atoms with Crippen molar-refractivity contribution in [3.8, 4) is 0 Å². The van der Waals surface area contributed by atoms with E-state index in [1.54, 1.807) is 0 Å². The molecule has 0 radical (unpaired) electrons. The fourth-order valence-electron chi connectivity index (χ4n) is 2.66. The molecule has 0 unspecified atom stereocenters. The maximum Gasteiger partial charge on any atom is 0.00914 e. The molecule has 1 aliphatic rings. The summed E-state index contributed by atoms with van der Waals surface area (Å²) >= 11 is 0. The third-order valence-corrected chi connectivity index (χ3v) is 4.39. The predicted molar refractivity (Wildman–Crippen MR) is 84.8 cm³/mol. The molecule has 1 saturated heterocycles. The van der Waals surface area contributed by atoms with Crippen LogP contribution in [0, 0.1) is 0 Å². The predicted octanol–water partition coefficient (Wildman–Crippen LogP) is 2.57. The van der Waals surface area contributed by atoms with Crippen LogP contribution in [0.15, 0.2) is 0 Å². The molecule has 1 fully saturated rings. The van der Waals surface area contributed by atoms with Crippen molar-refractivity contribution in [1.82, 2.24) is 15.1 Å². The minimum atomic E-state index is 0.681. The van der Waals surface area contributed by atoms with E-state index in [9.17, 15) is 0 Å². The third-order valence-electron chi connectivity index (χ3n) is 4.39. The van der Waals surface area contributed by atoms with Crippen molar-refractivity contribution < 1.29 is 0 Å². The van der Waals surface area contributed by atoms with Gasteiger partial charge in [0.25, 0.3) is 0 Å². The van der Waals surface area contributed by atoms with Crippen molar-refractivity contribution in [2.75, 3.05) is 39.8 Å². The van der Waals surface area contributed by atoms with E-state index in [0.29, 0.717) is 6.04 Å². The molecule has 3 nitrogen and oxygen atoms in total. The average Bonchev–Trinajstić information content (AvgIpc) is 2.42. The summed E-state index contributed by atoms with van der Waals surface area (Å²) in [7, 11) is 2.23. The van der Waals surface area contributed by atoms with E-state index in [1.807, 2.05) is 0 Å². The van der Waals surface area contributed by atoms with Crippen LogP contribution >= 0.6 is 0 Å². The van der Waals surface area contributed by atoms with Gasteiger partial charge in [0, 0.05) is 12.1 Å². The number of likely N-dealkylation sites (tertiary alicyclic amines) is 1. The molecule has 0 aromatic carbocycles. The molecule has 0 amide bonds. The average molecular weight is 269 g/mol. The van der Waals surface area contributed by atoms with Gasteiger partial charge in [-0.25, -0.2) is 0 Å². The molecule has 1 heterocycles. The van der Waals surface area contributed by atoms with Crippen LogP contribution in [-0.2, 0) is 0 Å². The summed E-state index contributed by atoms with van der Waals surface area (Å²) in [5.41, 5.74) is 0. The van der Waals surface area contributed by atoms with Crippen LogP contribution in [0.2, 0.25) is 0 Å². The van der Waals surface area contributed by atoms with E-state index in [2.05, 4.69) is 42.9 Å².